The van der Waals surface area contributed by atoms with Crippen LogP contribution in [-0.4, -0.2) is 45.9 Å². The van der Waals surface area contributed by atoms with Crippen molar-refractivity contribution < 1.29 is 20.0 Å². The third-order valence-electron chi connectivity index (χ3n) is 8.57. The van der Waals surface area contributed by atoms with E-state index in [0.717, 1.165) is 40.9 Å². The molecule has 0 aromatic heterocycles. The lowest BCUT2D eigenvalue weighted by Crippen LogP contribution is -3.01. The molecular formula is C26H26N2O4. The van der Waals surface area contributed by atoms with E-state index in [1.165, 1.54) is 0 Å². The van der Waals surface area contributed by atoms with Gasteiger partial charge in [-0.25, -0.2) is 0 Å². The number of likely N-dealkylation sites (tertiary alicyclic amines) is 1. The third-order valence-corrected chi connectivity index (χ3v) is 8.57. The monoisotopic (exact) mass is 430 g/mol. The zero-order valence-corrected chi connectivity index (χ0v) is 18.0. The Morgan fingerprint density at radius 3 is 2.94 bits per heavy atom. The number of fused-ring (bicyclic) bond motifs is 3. The fourth-order valence-electron chi connectivity index (χ4n) is 7.46. The summed E-state index contributed by atoms with van der Waals surface area (Å²) in [7, 11) is 0. The summed E-state index contributed by atoms with van der Waals surface area (Å²) in [5.41, 5.74) is 4.44. The van der Waals surface area contributed by atoms with Crippen molar-refractivity contribution in [2.45, 2.75) is 49.3 Å². The molecule has 0 radical (unpaired) electrons. The smallest absolute Gasteiger partial charge is 0.186 e. The van der Waals surface area contributed by atoms with Crippen LogP contribution >= 0.6 is 0 Å². The highest BCUT2D eigenvalue weighted by Gasteiger charge is 2.74. The molecule has 32 heavy (non-hydrogen) atoms. The van der Waals surface area contributed by atoms with E-state index in [9.17, 15) is 15.4 Å². The van der Waals surface area contributed by atoms with Gasteiger partial charge in [0.1, 0.15) is 5.69 Å². The largest absolute Gasteiger partial charge is 0.623 e. The maximum Gasteiger partial charge on any atom is 0.186 e. The van der Waals surface area contributed by atoms with Crippen molar-refractivity contribution in [2.24, 2.45) is 0 Å². The molecule has 6 heteroatoms. The molecule has 6 nitrogen and oxygen atoms in total. The number of nitrogens with zero attached hydrogens (tertiary/aromatic N) is 1. The van der Waals surface area contributed by atoms with Crippen LogP contribution in [0.4, 0.5) is 5.69 Å². The van der Waals surface area contributed by atoms with Crippen LogP contribution in [0.5, 0.6) is 11.5 Å². The van der Waals surface area contributed by atoms with Crippen LogP contribution in [-0.2, 0) is 11.8 Å². The van der Waals surface area contributed by atoms with Gasteiger partial charge in [-0.3, -0.25) is 4.90 Å². The summed E-state index contributed by atoms with van der Waals surface area (Å²) < 4.78 is 6.48. The lowest BCUT2D eigenvalue weighted by molar-refractivity contribution is -0.733. The molecule has 3 heterocycles. The number of rotatable bonds is 2. The van der Waals surface area contributed by atoms with Gasteiger partial charge in [-0.1, -0.05) is 30.4 Å². The van der Waals surface area contributed by atoms with Crippen LogP contribution in [0.15, 0.2) is 54.2 Å². The van der Waals surface area contributed by atoms with Crippen LogP contribution in [0, 0.1) is 5.21 Å². The Labute approximate surface area is 186 Å². The molecule has 2 aliphatic carbocycles. The highest BCUT2D eigenvalue weighted by Crippen LogP contribution is 2.67. The first-order valence-corrected chi connectivity index (χ1v) is 11.4. The number of benzene rings is 2. The van der Waals surface area contributed by atoms with Gasteiger partial charge in [0.2, 0.25) is 0 Å². The number of aliphatic hydroxyl groups is 1. The molecular weight excluding hydrogens is 404 g/mol. The van der Waals surface area contributed by atoms with Gasteiger partial charge in [0.15, 0.2) is 23.3 Å². The maximum absolute atomic E-state index is 13.6. The number of para-hydroxylation sites is 1. The highest BCUT2D eigenvalue weighted by atomic mass is 16.5. The molecule has 2 aromatic carbocycles. The van der Waals surface area contributed by atoms with Crippen molar-refractivity contribution in [3.63, 3.8) is 0 Å². The summed E-state index contributed by atoms with van der Waals surface area (Å²) in [5.74, 6) is 0.540. The van der Waals surface area contributed by atoms with Gasteiger partial charge in [-0.15, -0.1) is 0 Å². The Morgan fingerprint density at radius 2 is 2.12 bits per heavy atom. The second-order valence-electron chi connectivity index (χ2n) is 10.2. The predicted octanol–water partition coefficient (Wildman–Crippen LogP) is 2.17. The van der Waals surface area contributed by atoms with Crippen LogP contribution in [0.25, 0.3) is 5.57 Å². The van der Waals surface area contributed by atoms with E-state index in [1.54, 1.807) is 6.07 Å². The van der Waals surface area contributed by atoms with E-state index in [4.69, 9.17) is 4.74 Å². The number of aromatic hydroxyl groups is 1. The van der Waals surface area contributed by atoms with Crippen molar-refractivity contribution >= 4 is 11.3 Å². The number of quaternary nitrogens is 1. The van der Waals surface area contributed by atoms with Crippen LogP contribution in [0.3, 0.4) is 0 Å². The summed E-state index contributed by atoms with van der Waals surface area (Å²) in [6.07, 6.45) is 1.18. The topological polar surface area (TPSA) is 80.4 Å². The number of nitrogens with one attached hydrogen (secondary N) is 1. The van der Waals surface area contributed by atoms with Gasteiger partial charge >= 0.3 is 0 Å². The summed E-state index contributed by atoms with van der Waals surface area (Å²) in [6, 6.07) is 11.2. The van der Waals surface area contributed by atoms with E-state index in [-0.39, 0.29) is 16.9 Å². The van der Waals surface area contributed by atoms with Crippen molar-refractivity contribution in [2.75, 3.05) is 13.1 Å². The van der Waals surface area contributed by atoms with Gasteiger partial charge in [-0.05, 0) is 37.5 Å². The first-order valence-electron chi connectivity index (χ1n) is 11.4. The van der Waals surface area contributed by atoms with Crippen molar-refractivity contribution in [1.82, 2.24) is 4.90 Å². The van der Waals surface area contributed by atoms with Crippen molar-refractivity contribution in [3.8, 4) is 11.5 Å². The molecule has 7 rings (SSSR count). The predicted molar refractivity (Wildman–Crippen MR) is 120 cm³/mol. The zero-order chi connectivity index (χ0) is 22.0. The normalized spacial score (nSPS) is 35.8. The molecule has 1 spiro atoms. The standard InChI is InChI=1S/C26H26N2O4/c1-14(2)13-27-10-9-25-21-15-7-8-19(29)23(21)32-24(25)22-17(12-26(25,30)20(27)11-15)16-5-3-4-6-18(16)28(22)31/h3-8,20,24,28-30H,1,9-13H2,2H3/t20-,24+,25+,26-/m1/s1. The number of hydrogen-bond acceptors (Lipinski definition) is 5. The van der Waals surface area contributed by atoms with Crippen LogP contribution in [0.2, 0.25) is 0 Å². The van der Waals surface area contributed by atoms with E-state index in [0.29, 0.717) is 36.4 Å². The van der Waals surface area contributed by atoms with Gasteiger partial charge in [-0.2, -0.15) is 0 Å². The SMILES string of the molecule is C=C(C)CN1CC[C@]23c4c5ccc(O)c4O[C@H]2C2=C(C[C@@]3(O)[C@H]1C5)c1ccccc1[NH+]2[O-]. The number of phenols is 1. The Bertz CT molecular complexity index is 1250. The maximum atomic E-state index is 13.6. The minimum Gasteiger partial charge on any atom is -0.623 e. The molecule has 5 aliphatic rings. The van der Waals surface area contributed by atoms with Crippen LogP contribution < -0.4 is 9.80 Å². The third kappa shape index (κ3) is 1.93. The highest BCUT2D eigenvalue weighted by molar-refractivity contribution is 5.82. The molecule has 2 aromatic rings. The zero-order valence-electron chi connectivity index (χ0n) is 18.0. The molecule has 3 aliphatic heterocycles. The Morgan fingerprint density at radius 1 is 1.31 bits per heavy atom. The molecule has 1 fully saturated rings. The van der Waals surface area contributed by atoms with E-state index in [2.05, 4.69) is 11.5 Å². The minimum atomic E-state index is -1.10. The quantitative estimate of drug-likeness (QED) is 0.503. The Kier molecular flexibility index (Phi) is 3.44. The lowest BCUT2D eigenvalue weighted by atomic mass is 9.49. The number of hydrogen-bond donors (Lipinski definition) is 3. The minimum absolute atomic E-state index is 0.00244. The molecule has 5 atom stereocenters. The second-order valence-corrected chi connectivity index (χ2v) is 10.2. The van der Waals surface area contributed by atoms with E-state index >= 15 is 0 Å². The first-order chi connectivity index (χ1) is 15.4. The fourth-order valence-corrected chi connectivity index (χ4v) is 7.46. The second kappa shape index (κ2) is 5.83. The average Bonchev–Trinajstić information content (AvgIpc) is 3.24. The molecule has 2 bridgehead atoms. The van der Waals surface area contributed by atoms with Gasteiger partial charge < -0.3 is 25.2 Å². The molecule has 0 saturated carbocycles. The number of hydroxylamine groups is 1. The lowest BCUT2D eigenvalue weighted by Gasteiger charge is -2.62. The van der Waals surface area contributed by atoms with Gasteiger partial charge in [0.25, 0.3) is 0 Å². The van der Waals surface area contributed by atoms with E-state index < -0.39 is 17.1 Å². The van der Waals surface area contributed by atoms with Crippen molar-refractivity contribution in [3.05, 3.63) is 76.1 Å². The van der Waals surface area contributed by atoms with Crippen molar-refractivity contribution in [1.29, 1.82) is 0 Å². The van der Waals surface area contributed by atoms with Gasteiger partial charge in [0.05, 0.1) is 11.0 Å². The van der Waals surface area contributed by atoms with Gasteiger partial charge in [0, 0.05) is 48.3 Å². The number of piperidine rings is 1. The fraction of sp³-hybridized carbons (Fsp3) is 0.385. The number of ether oxygens (including phenoxy) is 1. The summed E-state index contributed by atoms with van der Waals surface area (Å²) in [4.78, 5) is 2.35. The molecule has 1 unspecified atom stereocenters. The summed E-state index contributed by atoms with van der Waals surface area (Å²) in [6.45, 7) is 7.67. The molecule has 164 valence electrons. The molecule has 3 N–H and O–H groups in total. The van der Waals surface area contributed by atoms with E-state index in [1.807, 2.05) is 37.3 Å². The average molecular weight is 431 g/mol. The Hall–Kier alpha value is -2.64. The molecule has 1 saturated heterocycles. The Balaban J connectivity index is 1.52. The summed E-state index contributed by atoms with van der Waals surface area (Å²) >= 11 is 0. The first kappa shape index (κ1) is 18.9. The molecule has 0 amide bonds. The van der Waals surface area contributed by atoms with Crippen LogP contribution in [0.1, 0.15) is 36.5 Å². The number of phenolic OH excluding ortho intramolecular Hbond substituents is 1. The summed E-state index contributed by atoms with van der Waals surface area (Å²) in [5, 5.41) is 37.0.